The highest BCUT2D eigenvalue weighted by Gasteiger charge is 2.21. The molecule has 0 aromatic heterocycles. The number of hydrogen-bond acceptors (Lipinski definition) is 4. The van der Waals surface area contributed by atoms with Crippen LogP contribution in [0.25, 0.3) is 0 Å². The molecule has 0 amide bonds. The highest BCUT2D eigenvalue weighted by molar-refractivity contribution is 5.80. The van der Waals surface area contributed by atoms with Crippen molar-refractivity contribution in [2.75, 3.05) is 65.4 Å². The molecule has 162 valence electrons. The van der Waals surface area contributed by atoms with Crippen LogP contribution in [-0.4, -0.2) is 76.2 Å². The van der Waals surface area contributed by atoms with Gasteiger partial charge < -0.3 is 24.8 Å². The van der Waals surface area contributed by atoms with Crippen molar-refractivity contribution >= 4 is 11.6 Å². The van der Waals surface area contributed by atoms with Crippen LogP contribution in [-0.2, 0) is 6.54 Å². The second kappa shape index (κ2) is 10.8. The van der Waals surface area contributed by atoms with E-state index in [0.717, 1.165) is 50.0 Å². The largest absolute Gasteiger partial charge is 0.492 e. The Labute approximate surface area is 179 Å². The second-order valence-electron chi connectivity index (χ2n) is 7.63. The third kappa shape index (κ3) is 6.10. The van der Waals surface area contributed by atoms with E-state index in [4.69, 9.17) is 4.74 Å². The fourth-order valence-electron chi connectivity index (χ4n) is 3.47. The summed E-state index contributed by atoms with van der Waals surface area (Å²) in [5, 5.41) is 3.44. The fourth-order valence-corrected chi connectivity index (χ4v) is 3.47. The minimum atomic E-state index is -0.166. The summed E-state index contributed by atoms with van der Waals surface area (Å²) in [7, 11) is 5.86. The van der Waals surface area contributed by atoms with Gasteiger partial charge in [0.1, 0.15) is 18.2 Å². The molecule has 30 heavy (non-hydrogen) atoms. The van der Waals surface area contributed by atoms with Gasteiger partial charge in [-0.15, -0.1) is 0 Å². The number of anilines is 1. The molecule has 2 aromatic carbocycles. The Hall–Kier alpha value is -2.80. The number of halogens is 1. The Balaban J connectivity index is 1.50. The van der Waals surface area contributed by atoms with Gasteiger partial charge in [0.15, 0.2) is 5.96 Å². The molecule has 0 unspecified atom stereocenters. The molecule has 6 nitrogen and oxygen atoms in total. The first-order chi connectivity index (χ1) is 14.6. The van der Waals surface area contributed by atoms with E-state index in [1.54, 1.807) is 13.1 Å². The van der Waals surface area contributed by atoms with Crippen LogP contribution in [0.3, 0.4) is 0 Å². The number of para-hydroxylation sites is 1. The lowest BCUT2D eigenvalue weighted by atomic mass is 10.2. The van der Waals surface area contributed by atoms with Gasteiger partial charge in [-0.2, -0.15) is 0 Å². The van der Waals surface area contributed by atoms with Gasteiger partial charge in [-0.1, -0.05) is 24.3 Å². The van der Waals surface area contributed by atoms with Crippen LogP contribution in [0.4, 0.5) is 10.1 Å². The molecule has 0 aliphatic carbocycles. The second-order valence-corrected chi connectivity index (χ2v) is 7.63. The molecule has 1 saturated heterocycles. The van der Waals surface area contributed by atoms with E-state index in [-0.39, 0.29) is 5.82 Å². The number of aliphatic imine (C=N–C) groups is 1. The molecule has 0 atom stereocenters. The minimum absolute atomic E-state index is 0.166. The number of nitrogens with one attached hydrogen (secondary N) is 1. The number of guanidine groups is 1. The zero-order valence-electron chi connectivity index (χ0n) is 18.1. The third-order valence-electron chi connectivity index (χ3n) is 5.14. The van der Waals surface area contributed by atoms with Gasteiger partial charge in [0, 0.05) is 46.3 Å². The maximum absolute atomic E-state index is 14.1. The van der Waals surface area contributed by atoms with Crippen LogP contribution in [0.2, 0.25) is 0 Å². The van der Waals surface area contributed by atoms with E-state index in [9.17, 15) is 4.39 Å². The van der Waals surface area contributed by atoms with Crippen LogP contribution in [0.15, 0.2) is 53.5 Å². The first-order valence-corrected chi connectivity index (χ1v) is 10.4. The Morgan fingerprint density at radius 3 is 2.57 bits per heavy atom. The van der Waals surface area contributed by atoms with Gasteiger partial charge >= 0.3 is 0 Å². The predicted molar refractivity (Wildman–Crippen MR) is 121 cm³/mol. The topological polar surface area (TPSA) is 43.3 Å². The van der Waals surface area contributed by atoms with Crippen LogP contribution in [0.5, 0.6) is 5.75 Å². The van der Waals surface area contributed by atoms with E-state index in [1.165, 1.54) is 6.07 Å². The van der Waals surface area contributed by atoms with Gasteiger partial charge in [0.25, 0.3) is 0 Å². The zero-order chi connectivity index (χ0) is 21.3. The van der Waals surface area contributed by atoms with E-state index < -0.39 is 0 Å². The Kier molecular flexibility index (Phi) is 7.90. The normalized spacial score (nSPS) is 14.9. The highest BCUT2D eigenvalue weighted by Crippen LogP contribution is 2.20. The maximum Gasteiger partial charge on any atom is 0.194 e. The molecule has 1 heterocycles. The quantitative estimate of drug-likeness (QED) is 0.559. The molecule has 1 aliphatic heterocycles. The number of hydrogen-bond donors (Lipinski definition) is 1. The summed E-state index contributed by atoms with van der Waals surface area (Å²) in [6.07, 6.45) is 0. The summed E-state index contributed by atoms with van der Waals surface area (Å²) >= 11 is 0. The summed E-state index contributed by atoms with van der Waals surface area (Å²) in [5.41, 5.74) is 1.81. The van der Waals surface area contributed by atoms with Crippen molar-refractivity contribution in [1.29, 1.82) is 0 Å². The van der Waals surface area contributed by atoms with E-state index in [0.29, 0.717) is 18.8 Å². The zero-order valence-corrected chi connectivity index (χ0v) is 18.1. The fraction of sp³-hybridized carbons (Fsp3) is 0.435. The monoisotopic (exact) mass is 413 g/mol. The molecular weight excluding hydrogens is 381 g/mol. The molecule has 3 rings (SSSR count). The first-order valence-electron chi connectivity index (χ1n) is 10.4. The lowest BCUT2D eigenvalue weighted by Gasteiger charge is -2.37. The smallest absolute Gasteiger partial charge is 0.194 e. The van der Waals surface area contributed by atoms with Crippen molar-refractivity contribution in [2.45, 2.75) is 6.54 Å². The van der Waals surface area contributed by atoms with Crippen LogP contribution in [0.1, 0.15) is 5.56 Å². The van der Waals surface area contributed by atoms with Crippen molar-refractivity contribution in [3.8, 4) is 5.75 Å². The number of ether oxygens (including phenoxy) is 1. The minimum Gasteiger partial charge on any atom is -0.492 e. The third-order valence-corrected chi connectivity index (χ3v) is 5.14. The average molecular weight is 414 g/mol. The molecule has 0 radical (unpaired) electrons. The van der Waals surface area contributed by atoms with Gasteiger partial charge in [-0.05, 0) is 43.9 Å². The van der Waals surface area contributed by atoms with Crippen LogP contribution < -0.4 is 15.0 Å². The van der Waals surface area contributed by atoms with Crippen molar-refractivity contribution < 1.29 is 9.13 Å². The summed E-state index contributed by atoms with van der Waals surface area (Å²) in [4.78, 5) is 10.8. The number of benzene rings is 2. The molecule has 0 bridgehead atoms. The molecular formula is C23H32FN5O. The Bertz CT molecular complexity index is 834. The van der Waals surface area contributed by atoms with Gasteiger partial charge in [0.2, 0.25) is 0 Å². The Morgan fingerprint density at radius 1 is 1.10 bits per heavy atom. The summed E-state index contributed by atoms with van der Waals surface area (Å²) in [5.74, 6) is 1.58. The van der Waals surface area contributed by atoms with Crippen molar-refractivity contribution in [3.05, 3.63) is 59.9 Å². The number of likely N-dealkylation sites (N-methyl/N-ethyl adjacent to an activating group) is 1. The van der Waals surface area contributed by atoms with E-state index >= 15 is 0 Å². The van der Waals surface area contributed by atoms with E-state index in [2.05, 4.69) is 37.1 Å². The van der Waals surface area contributed by atoms with Crippen molar-refractivity contribution in [3.63, 3.8) is 0 Å². The standard InChI is InChI=1S/C23H32FN5O/c1-25-23(26-18-19-7-6-8-20(17-19)30-16-15-27(2)3)29-13-11-28(12-14-29)22-10-5-4-9-21(22)24/h4-10,17H,11-16,18H2,1-3H3,(H,25,26). The van der Waals surface area contributed by atoms with Crippen LogP contribution >= 0.6 is 0 Å². The molecule has 1 fully saturated rings. The van der Waals surface area contributed by atoms with Crippen molar-refractivity contribution in [2.24, 2.45) is 4.99 Å². The van der Waals surface area contributed by atoms with E-state index in [1.807, 2.05) is 38.4 Å². The number of nitrogens with zero attached hydrogens (tertiary/aromatic N) is 4. The number of rotatable bonds is 7. The van der Waals surface area contributed by atoms with Crippen molar-refractivity contribution in [1.82, 2.24) is 15.1 Å². The summed E-state index contributed by atoms with van der Waals surface area (Å²) < 4.78 is 19.9. The summed E-state index contributed by atoms with van der Waals surface area (Å²) in [6.45, 7) is 5.33. The molecule has 7 heteroatoms. The van der Waals surface area contributed by atoms with Gasteiger partial charge in [-0.25, -0.2) is 4.39 Å². The SMILES string of the molecule is CN=C(NCc1cccc(OCCN(C)C)c1)N1CCN(c2ccccc2F)CC1. The average Bonchev–Trinajstić information content (AvgIpc) is 2.75. The van der Waals surface area contributed by atoms with Gasteiger partial charge in [-0.3, -0.25) is 4.99 Å². The van der Waals surface area contributed by atoms with Gasteiger partial charge in [0.05, 0.1) is 5.69 Å². The Morgan fingerprint density at radius 2 is 1.87 bits per heavy atom. The highest BCUT2D eigenvalue weighted by atomic mass is 19.1. The lowest BCUT2D eigenvalue weighted by Crippen LogP contribution is -2.52. The summed E-state index contributed by atoms with van der Waals surface area (Å²) in [6, 6.07) is 15.1. The van der Waals surface area contributed by atoms with Crippen LogP contribution in [0, 0.1) is 5.82 Å². The molecule has 1 N–H and O–H groups in total. The molecule has 1 aliphatic rings. The molecule has 0 saturated carbocycles. The predicted octanol–water partition coefficient (Wildman–Crippen LogP) is 2.66. The first kappa shape index (κ1) is 21.9. The molecule has 2 aromatic rings. The molecule has 0 spiro atoms. The maximum atomic E-state index is 14.1. The number of piperazine rings is 1. The lowest BCUT2D eigenvalue weighted by molar-refractivity contribution is 0.261.